The molecule has 7 heteroatoms. The number of ether oxygens (including phenoxy) is 2. The first kappa shape index (κ1) is 18.1. The molecule has 0 spiro atoms. The number of fused-ring (bicyclic) bond motifs is 1. The van der Waals surface area contributed by atoms with Crippen LogP contribution in [-0.2, 0) is 16.1 Å². The summed E-state index contributed by atoms with van der Waals surface area (Å²) in [6.45, 7) is 3.69. The highest BCUT2D eigenvalue weighted by Crippen LogP contribution is 2.32. The van der Waals surface area contributed by atoms with E-state index in [-0.39, 0.29) is 25.2 Å². The van der Waals surface area contributed by atoms with Gasteiger partial charge in [-0.25, -0.2) is 0 Å². The third-order valence-electron chi connectivity index (χ3n) is 4.14. The van der Waals surface area contributed by atoms with Gasteiger partial charge in [-0.1, -0.05) is 23.7 Å². The third kappa shape index (κ3) is 3.91. The largest absolute Gasteiger partial charge is 0.454 e. The Kier molecular flexibility index (Phi) is 5.32. The molecule has 2 aromatic rings. The van der Waals surface area contributed by atoms with Crippen molar-refractivity contribution < 1.29 is 19.1 Å². The van der Waals surface area contributed by atoms with E-state index < -0.39 is 0 Å². The summed E-state index contributed by atoms with van der Waals surface area (Å²) in [7, 11) is 0. The fourth-order valence-electron chi connectivity index (χ4n) is 2.71. The molecule has 26 heavy (non-hydrogen) atoms. The third-order valence-corrected chi connectivity index (χ3v) is 4.55. The zero-order valence-electron chi connectivity index (χ0n) is 14.5. The second-order valence-electron chi connectivity index (χ2n) is 5.95. The number of nitrogens with zero attached hydrogens (tertiary/aromatic N) is 1. The van der Waals surface area contributed by atoms with Crippen LogP contribution in [-0.4, -0.2) is 25.2 Å². The zero-order valence-corrected chi connectivity index (χ0v) is 15.3. The maximum absolute atomic E-state index is 12.3. The Morgan fingerprint density at radius 3 is 2.73 bits per heavy atom. The number of rotatable bonds is 5. The summed E-state index contributed by atoms with van der Waals surface area (Å²) in [5.74, 6) is 0.863. The van der Waals surface area contributed by atoms with Crippen LogP contribution in [0.15, 0.2) is 36.4 Å². The van der Waals surface area contributed by atoms with Crippen LogP contribution in [0.4, 0.5) is 5.69 Å². The fraction of sp³-hybridized carbons (Fsp3) is 0.263. The highest BCUT2D eigenvalue weighted by atomic mass is 35.5. The van der Waals surface area contributed by atoms with Crippen LogP contribution in [0.1, 0.15) is 18.1 Å². The monoisotopic (exact) mass is 374 g/mol. The molecule has 0 saturated heterocycles. The van der Waals surface area contributed by atoms with E-state index >= 15 is 0 Å². The van der Waals surface area contributed by atoms with Crippen LogP contribution in [0.2, 0.25) is 5.02 Å². The molecule has 3 rings (SSSR count). The van der Waals surface area contributed by atoms with E-state index in [2.05, 4.69) is 5.32 Å². The molecule has 1 heterocycles. The molecular weight excluding hydrogens is 356 g/mol. The number of amides is 2. The second-order valence-corrected chi connectivity index (χ2v) is 6.36. The maximum Gasteiger partial charge on any atom is 0.240 e. The number of benzene rings is 2. The van der Waals surface area contributed by atoms with Crippen LogP contribution >= 0.6 is 11.6 Å². The fourth-order valence-corrected chi connectivity index (χ4v) is 2.88. The van der Waals surface area contributed by atoms with E-state index in [0.717, 1.165) is 11.1 Å². The van der Waals surface area contributed by atoms with Crippen molar-refractivity contribution in [1.29, 1.82) is 0 Å². The summed E-state index contributed by atoms with van der Waals surface area (Å²) < 4.78 is 10.6. The first-order valence-corrected chi connectivity index (χ1v) is 8.52. The lowest BCUT2D eigenvalue weighted by Gasteiger charge is -2.23. The summed E-state index contributed by atoms with van der Waals surface area (Å²) in [6.07, 6.45) is 0. The second kappa shape index (κ2) is 7.66. The van der Waals surface area contributed by atoms with Gasteiger partial charge in [0, 0.05) is 24.2 Å². The number of anilines is 1. The molecule has 6 nitrogen and oxygen atoms in total. The van der Waals surface area contributed by atoms with Crippen LogP contribution in [0, 0.1) is 6.92 Å². The minimum atomic E-state index is -0.266. The lowest BCUT2D eigenvalue weighted by Crippen LogP contribution is -2.40. The van der Waals surface area contributed by atoms with Crippen molar-refractivity contribution in [1.82, 2.24) is 5.32 Å². The smallest absolute Gasteiger partial charge is 0.240 e. The molecule has 0 atom stereocenters. The molecule has 0 fully saturated rings. The summed E-state index contributed by atoms with van der Waals surface area (Å²) >= 11 is 6.13. The Labute approximate surface area is 156 Å². The summed E-state index contributed by atoms with van der Waals surface area (Å²) in [4.78, 5) is 25.8. The van der Waals surface area contributed by atoms with Gasteiger partial charge >= 0.3 is 0 Å². The summed E-state index contributed by atoms with van der Waals surface area (Å²) in [6, 6.07) is 10.8. The summed E-state index contributed by atoms with van der Waals surface area (Å²) in [5.41, 5.74) is 2.27. The van der Waals surface area contributed by atoms with Crippen molar-refractivity contribution in [2.24, 2.45) is 0 Å². The van der Waals surface area contributed by atoms with Gasteiger partial charge in [-0.2, -0.15) is 0 Å². The number of nitrogens with one attached hydrogen (secondary N) is 1. The molecule has 0 unspecified atom stereocenters. The van der Waals surface area contributed by atoms with E-state index in [1.165, 1.54) is 11.8 Å². The van der Waals surface area contributed by atoms with E-state index in [4.69, 9.17) is 21.1 Å². The van der Waals surface area contributed by atoms with Gasteiger partial charge < -0.3 is 19.7 Å². The van der Waals surface area contributed by atoms with Gasteiger partial charge in [-0.15, -0.1) is 0 Å². The van der Waals surface area contributed by atoms with Crippen LogP contribution in [0.3, 0.4) is 0 Å². The summed E-state index contributed by atoms with van der Waals surface area (Å²) in [5, 5.41) is 3.37. The molecule has 1 N–H and O–H groups in total. The Morgan fingerprint density at radius 2 is 1.96 bits per heavy atom. The number of halogens is 1. The molecule has 0 radical (unpaired) electrons. The first-order valence-electron chi connectivity index (χ1n) is 8.14. The minimum Gasteiger partial charge on any atom is -0.454 e. The molecule has 2 aromatic carbocycles. The quantitative estimate of drug-likeness (QED) is 0.873. The molecular formula is C19H19ClN2O4. The molecule has 0 bridgehead atoms. The zero-order chi connectivity index (χ0) is 18.7. The van der Waals surface area contributed by atoms with Gasteiger partial charge in [-0.3, -0.25) is 9.59 Å². The van der Waals surface area contributed by atoms with Crippen molar-refractivity contribution in [3.63, 3.8) is 0 Å². The van der Waals surface area contributed by atoms with Crippen LogP contribution in [0.5, 0.6) is 11.5 Å². The van der Waals surface area contributed by atoms with Gasteiger partial charge in [0.2, 0.25) is 18.6 Å². The number of carbonyl (C=O) groups is 2. The van der Waals surface area contributed by atoms with Crippen molar-refractivity contribution >= 4 is 29.1 Å². The Balaban J connectivity index is 1.65. The van der Waals surface area contributed by atoms with Crippen molar-refractivity contribution in [3.8, 4) is 11.5 Å². The van der Waals surface area contributed by atoms with Crippen molar-refractivity contribution in [2.75, 3.05) is 18.2 Å². The van der Waals surface area contributed by atoms with Gasteiger partial charge in [0.15, 0.2) is 11.5 Å². The Bertz CT molecular complexity index is 853. The predicted octanol–water partition coefficient (Wildman–Crippen LogP) is 3.05. The van der Waals surface area contributed by atoms with E-state index in [9.17, 15) is 9.59 Å². The predicted molar refractivity (Wildman–Crippen MR) is 98.6 cm³/mol. The highest BCUT2D eigenvalue weighted by Gasteiger charge is 2.19. The standard InChI is InChI=1S/C19H19ClN2O4/c1-12-15(20)4-3-5-16(12)22(13(2)23)10-19(24)21-9-14-6-7-17-18(8-14)26-11-25-17/h3-8H,9-11H2,1-2H3,(H,21,24). The van der Waals surface area contributed by atoms with Gasteiger partial charge in [-0.05, 0) is 42.3 Å². The van der Waals surface area contributed by atoms with Gasteiger partial charge in [0.25, 0.3) is 0 Å². The molecule has 136 valence electrons. The number of hydrogen-bond acceptors (Lipinski definition) is 4. The number of hydrogen-bond donors (Lipinski definition) is 1. The molecule has 0 aromatic heterocycles. The highest BCUT2D eigenvalue weighted by molar-refractivity contribution is 6.31. The van der Waals surface area contributed by atoms with E-state index in [0.29, 0.717) is 28.8 Å². The lowest BCUT2D eigenvalue weighted by atomic mass is 10.1. The first-order chi connectivity index (χ1) is 12.5. The van der Waals surface area contributed by atoms with E-state index in [1.54, 1.807) is 24.3 Å². The van der Waals surface area contributed by atoms with Crippen molar-refractivity contribution in [2.45, 2.75) is 20.4 Å². The number of carbonyl (C=O) groups excluding carboxylic acids is 2. The Hall–Kier alpha value is -2.73. The topological polar surface area (TPSA) is 67.9 Å². The average Bonchev–Trinajstić information content (AvgIpc) is 3.08. The average molecular weight is 375 g/mol. The molecule has 2 amide bonds. The SMILES string of the molecule is CC(=O)N(CC(=O)NCc1ccc2c(c1)OCO2)c1cccc(Cl)c1C. The van der Waals surface area contributed by atoms with Crippen LogP contribution < -0.4 is 19.7 Å². The molecule has 1 aliphatic heterocycles. The molecule has 0 saturated carbocycles. The van der Waals surface area contributed by atoms with Crippen LogP contribution in [0.25, 0.3) is 0 Å². The van der Waals surface area contributed by atoms with E-state index in [1.807, 2.05) is 19.1 Å². The lowest BCUT2D eigenvalue weighted by molar-refractivity contribution is -0.123. The molecule has 0 aliphatic carbocycles. The van der Waals surface area contributed by atoms with Crippen molar-refractivity contribution in [3.05, 3.63) is 52.5 Å². The van der Waals surface area contributed by atoms with Gasteiger partial charge in [0.1, 0.15) is 6.54 Å². The van der Waals surface area contributed by atoms with Gasteiger partial charge in [0.05, 0.1) is 0 Å². The molecule has 1 aliphatic rings. The maximum atomic E-state index is 12.3. The normalized spacial score (nSPS) is 12.0. The minimum absolute atomic E-state index is 0.0823. The Morgan fingerprint density at radius 1 is 1.19 bits per heavy atom.